The smallest absolute Gasteiger partial charge is 0.316 e. The summed E-state index contributed by atoms with van der Waals surface area (Å²) >= 11 is 0. The summed E-state index contributed by atoms with van der Waals surface area (Å²) in [5.74, 6) is -1.25. The van der Waals surface area contributed by atoms with E-state index in [0.717, 1.165) is 12.8 Å². The Morgan fingerprint density at radius 3 is 2.90 bits per heavy atom. The summed E-state index contributed by atoms with van der Waals surface area (Å²) in [5, 5.41) is 2.08. The number of benzene rings is 1. The monoisotopic (exact) mass is 311 g/mol. The third-order valence-electron chi connectivity index (χ3n) is 2.83. The van der Waals surface area contributed by atoms with Crippen molar-refractivity contribution in [2.45, 2.75) is 25.0 Å². The molecule has 2 aromatic rings. The quantitative estimate of drug-likeness (QED) is 0.609. The summed E-state index contributed by atoms with van der Waals surface area (Å²) in [5.41, 5.74) is 6.71. The Kier molecular flexibility index (Phi) is 4.46. The molecule has 21 heavy (non-hydrogen) atoms. The van der Waals surface area contributed by atoms with Crippen LogP contribution in [0.3, 0.4) is 0 Å². The molecule has 0 aliphatic rings. The number of carbonyl (C=O) groups is 1. The molecule has 8 heteroatoms. The third-order valence-corrected chi connectivity index (χ3v) is 4.18. The number of oxazole rings is 1. The number of anilines is 1. The maximum Gasteiger partial charge on any atom is 0.316 e. The Balaban J connectivity index is 2.15. The molecule has 0 unspecified atom stereocenters. The second-order valence-corrected chi connectivity index (χ2v) is 6.54. The van der Waals surface area contributed by atoms with Gasteiger partial charge in [-0.1, -0.05) is 13.3 Å². The molecular weight excluding hydrogens is 294 g/mol. The van der Waals surface area contributed by atoms with Gasteiger partial charge in [-0.25, -0.2) is 8.42 Å². The summed E-state index contributed by atoms with van der Waals surface area (Å²) < 4.78 is 29.3. The topological polar surface area (TPSA) is 115 Å². The van der Waals surface area contributed by atoms with Gasteiger partial charge in [-0.3, -0.25) is 4.79 Å². The average molecular weight is 311 g/mol. The summed E-state index contributed by atoms with van der Waals surface area (Å²) in [6.45, 7) is 2.43. The number of hydrogen-bond acceptors (Lipinski definition) is 6. The van der Waals surface area contributed by atoms with Crippen molar-refractivity contribution in [1.29, 1.82) is 0 Å². The highest BCUT2D eigenvalue weighted by molar-refractivity contribution is 7.91. The molecule has 0 saturated heterocycles. The van der Waals surface area contributed by atoms with Crippen molar-refractivity contribution in [3.05, 3.63) is 18.2 Å². The number of nitrogen functional groups attached to an aromatic ring is 1. The number of hydrogen-bond donors (Lipinski definition) is 2. The lowest BCUT2D eigenvalue weighted by atomic mass is 10.3. The Bertz CT molecular complexity index is 752. The molecule has 0 fully saturated rings. The van der Waals surface area contributed by atoms with E-state index < -0.39 is 26.7 Å². The van der Waals surface area contributed by atoms with E-state index in [1.165, 1.54) is 12.1 Å². The van der Waals surface area contributed by atoms with Crippen LogP contribution in [-0.4, -0.2) is 31.6 Å². The van der Waals surface area contributed by atoms with E-state index in [-0.39, 0.29) is 0 Å². The van der Waals surface area contributed by atoms with Crippen LogP contribution in [0, 0.1) is 0 Å². The first-order valence-electron chi connectivity index (χ1n) is 6.58. The molecule has 2 rings (SSSR count). The summed E-state index contributed by atoms with van der Waals surface area (Å²) in [6, 6.07) is 4.64. The van der Waals surface area contributed by atoms with Gasteiger partial charge in [0.25, 0.3) is 0 Å². The molecule has 0 aliphatic carbocycles. The molecule has 114 valence electrons. The fraction of sp³-hybridized carbons (Fsp3) is 0.385. The average Bonchev–Trinajstić information content (AvgIpc) is 2.82. The first-order chi connectivity index (χ1) is 9.92. The molecule has 0 atom stereocenters. The van der Waals surface area contributed by atoms with Crippen molar-refractivity contribution in [2.24, 2.45) is 0 Å². The second-order valence-electron chi connectivity index (χ2n) is 4.67. The number of carbonyl (C=O) groups excluding carboxylic acids is 1. The van der Waals surface area contributed by atoms with Crippen molar-refractivity contribution in [2.75, 3.05) is 18.0 Å². The van der Waals surface area contributed by atoms with Crippen molar-refractivity contribution in [3.8, 4) is 0 Å². The number of fused-ring (bicyclic) bond motifs is 1. The minimum absolute atomic E-state index is 0.314. The van der Waals surface area contributed by atoms with Crippen LogP contribution in [0.25, 0.3) is 11.1 Å². The van der Waals surface area contributed by atoms with Gasteiger partial charge in [0.15, 0.2) is 5.58 Å². The van der Waals surface area contributed by atoms with Crippen molar-refractivity contribution in [1.82, 2.24) is 10.3 Å². The highest BCUT2D eigenvalue weighted by Crippen LogP contribution is 2.21. The zero-order valence-corrected chi connectivity index (χ0v) is 12.4. The van der Waals surface area contributed by atoms with Crippen LogP contribution in [0.5, 0.6) is 0 Å². The number of nitrogens with one attached hydrogen (secondary N) is 1. The molecule has 1 heterocycles. The number of rotatable bonds is 6. The molecule has 0 saturated carbocycles. The summed E-state index contributed by atoms with van der Waals surface area (Å²) in [6.07, 6.45) is 1.72. The minimum atomic E-state index is -3.90. The molecule has 0 spiro atoms. The molecule has 0 bridgehead atoms. The Morgan fingerprint density at radius 2 is 2.19 bits per heavy atom. The standard InChI is InChI=1S/C13H17N3O4S/c1-2-3-6-15-12(17)8-21(18,19)13-16-10-7-9(14)4-5-11(10)20-13/h4-5,7H,2-3,6,8,14H2,1H3,(H,15,17). The molecule has 1 aromatic heterocycles. The van der Waals surface area contributed by atoms with Gasteiger partial charge in [-0.2, -0.15) is 4.98 Å². The van der Waals surface area contributed by atoms with Crippen LogP contribution >= 0.6 is 0 Å². The summed E-state index contributed by atoms with van der Waals surface area (Å²) in [4.78, 5) is 15.5. The number of unbranched alkanes of at least 4 members (excludes halogenated alkanes) is 1. The molecule has 1 aromatic carbocycles. The van der Waals surface area contributed by atoms with Gasteiger partial charge in [0, 0.05) is 12.2 Å². The number of nitrogens with zero attached hydrogens (tertiary/aromatic N) is 1. The minimum Gasteiger partial charge on any atom is -0.428 e. The fourth-order valence-corrected chi connectivity index (χ4v) is 2.77. The van der Waals surface area contributed by atoms with Gasteiger partial charge in [0.05, 0.1) is 0 Å². The van der Waals surface area contributed by atoms with E-state index in [2.05, 4.69) is 10.3 Å². The van der Waals surface area contributed by atoms with E-state index in [1.54, 1.807) is 6.07 Å². The van der Waals surface area contributed by atoms with Crippen LogP contribution in [-0.2, 0) is 14.6 Å². The highest BCUT2D eigenvalue weighted by atomic mass is 32.2. The van der Waals surface area contributed by atoms with E-state index >= 15 is 0 Å². The van der Waals surface area contributed by atoms with Crippen molar-refractivity contribution >= 4 is 32.5 Å². The van der Waals surface area contributed by atoms with Gasteiger partial charge in [-0.05, 0) is 24.6 Å². The largest absolute Gasteiger partial charge is 0.428 e. The van der Waals surface area contributed by atoms with Crippen molar-refractivity contribution < 1.29 is 17.6 Å². The third kappa shape index (κ3) is 3.72. The highest BCUT2D eigenvalue weighted by Gasteiger charge is 2.25. The zero-order chi connectivity index (χ0) is 15.5. The predicted octanol–water partition coefficient (Wildman–Crippen LogP) is 1.10. The summed E-state index contributed by atoms with van der Waals surface area (Å²) in [7, 11) is -3.90. The maximum atomic E-state index is 12.1. The number of aromatic nitrogens is 1. The molecule has 7 nitrogen and oxygen atoms in total. The van der Waals surface area contributed by atoms with Gasteiger partial charge < -0.3 is 15.5 Å². The molecule has 3 N–H and O–H groups in total. The molecule has 1 amide bonds. The lowest BCUT2D eigenvalue weighted by Crippen LogP contribution is -2.31. The van der Waals surface area contributed by atoms with E-state index in [1.807, 2.05) is 6.92 Å². The van der Waals surface area contributed by atoms with Crippen LogP contribution in [0.2, 0.25) is 0 Å². The first kappa shape index (κ1) is 15.3. The number of sulfone groups is 1. The SMILES string of the molecule is CCCCNC(=O)CS(=O)(=O)c1nc2cc(N)ccc2o1. The van der Waals surface area contributed by atoms with Gasteiger partial charge >= 0.3 is 5.22 Å². The van der Waals surface area contributed by atoms with Crippen LogP contribution in [0.1, 0.15) is 19.8 Å². The zero-order valence-electron chi connectivity index (χ0n) is 11.6. The second kappa shape index (κ2) is 6.13. The number of nitrogens with two attached hydrogens (primary N) is 1. The first-order valence-corrected chi connectivity index (χ1v) is 8.23. The van der Waals surface area contributed by atoms with Crippen molar-refractivity contribution in [3.63, 3.8) is 0 Å². The van der Waals surface area contributed by atoms with Crippen LogP contribution < -0.4 is 11.1 Å². The van der Waals surface area contributed by atoms with E-state index in [4.69, 9.17) is 10.2 Å². The Labute approximate surface area is 122 Å². The molecular formula is C13H17N3O4S. The van der Waals surface area contributed by atoms with Crippen LogP contribution in [0.15, 0.2) is 27.8 Å². The predicted molar refractivity (Wildman–Crippen MR) is 78.4 cm³/mol. The van der Waals surface area contributed by atoms with Gasteiger partial charge in [-0.15, -0.1) is 0 Å². The normalized spacial score (nSPS) is 11.7. The van der Waals surface area contributed by atoms with Gasteiger partial charge in [0.1, 0.15) is 11.3 Å². The lowest BCUT2D eigenvalue weighted by molar-refractivity contribution is -0.118. The Morgan fingerprint density at radius 1 is 1.43 bits per heavy atom. The Hall–Kier alpha value is -2.09. The van der Waals surface area contributed by atoms with E-state index in [9.17, 15) is 13.2 Å². The molecule has 0 aliphatic heterocycles. The van der Waals surface area contributed by atoms with E-state index in [0.29, 0.717) is 23.3 Å². The van der Waals surface area contributed by atoms with Gasteiger partial charge in [0.2, 0.25) is 15.7 Å². The fourth-order valence-electron chi connectivity index (χ4n) is 1.75. The molecule has 0 radical (unpaired) electrons. The van der Waals surface area contributed by atoms with Crippen LogP contribution in [0.4, 0.5) is 5.69 Å². The lowest BCUT2D eigenvalue weighted by Gasteiger charge is -2.03. The maximum absolute atomic E-state index is 12.1. The number of amides is 1.